The number of urea groups is 1. The number of nitrogens with two attached hydrogens (primary N) is 1. The summed E-state index contributed by atoms with van der Waals surface area (Å²) >= 11 is 2.59. The number of thiazole rings is 2. The van der Waals surface area contributed by atoms with Gasteiger partial charge in [-0.25, -0.2) is 24.7 Å². The molecular formula is C48H48F3N11O5S2. The first-order chi connectivity index (χ1) is 33.1. The molecule has 0 spiro atoms. The maximum atomic E-state index is 13.7. The van der Waals surface area contributed by atoms with Crippen molar-refractivity contribution in [3.63, 3.8) is 0 Å². The van der Waals surface area contributed by atoms with E-state index in [9.17, 15) is 27.6 Å². The number of amides is 4. The van der Waals surface area contributed by atoms with E-state index in [0.717, 1.165) is 85.5 Å². The number of fused-ring (bicyclic) bond motifs is 2. The summed E-state index contributed by atoms with van der Waals surface area (Å²) in [5.41, 5.74) is 9.63. The van der Waals surface area contributed by atoms with E-state index in [0.29, 0.717) is 67.4 Å². The predicted octanol–water partition coefficient (Wildman–Crippen LogP) is 10.3. The summed E-state index contributed by atoms with van der Waals surface area (Å²) in [7, 11) is 2.01. The average Bonchev–Trinajstić information content (AvgIpc) is 4.25. The molecule has 358 valence electrons. The number of pyridine rings is 2. The number of ether oxygens (including phenoxy) is 2. The number of alkyl halides is 3. The Kier molecular flexibility index (Phi) is 13.6. The van der Waals surface area contributed by atoms with Crippen LogP contribution in [0.15, 0.2) is 78.9 Å². The van der Waals surface area contributed by atoms with Gasteiger partial charge in [-0.15, -0.1) is 0 Å². The number of aryl methyl sites for hydroxylation is 2. The third-order valence-electron chi connectivity index (χ3n) is 11.5. The number of nitrogen functional groups attached to an aromatic ring is 1. The van der Waals surface area contributed by atoms with Gasteiger partial charge in [0, 0.05) is 85.9 Å². The molecule has 10 rings (SSSR count). The molecule has 0 radical (unpaired) electrons. The second-order valence-electron chi connectivity index (χ2n) is 17.3. The SMILES string of the molecule is Cc1ccc(N)cc1Oc1ccc2nc(NC(=O)C3CC3)sc2n1.Cc1ccc(NC(=O)Nc2cc(CN3CCN(C)CC3)cc(C(F)(F)F)c2)cc1Oc1ccc2nc(NC(=O)C3CC3)sc2n1. The number of rotatable bonds is 12. The molecule has 2 aliphatic carbocycles. The van der Waals surface area contributed by atoms with Crippen LogP contribution in [0, 0.1) is 25.7 Å². The molecule has 7 aromatic rings. The Balaban J connectivity index is 0.000000207. The second kappa shape index (κ2) is 20.0. The Morgan fingerprint density at radius 3 is 1.75 bits per heavy atom. The Morgan fingerprint density at radius 2 is 1.20 bits per heavy atom. The van der Waals surface area contributed by atoms with Gasteiger partial charge in [0.2, 0.25) is 23.6 Å². The average molecular weight is 980 g/mol. The van der Waals surface area contributed by atoms with Crippen molar-refractivity contribution in [3.8, 4) is 23.3 Å². The first-order valence-corrected chi connectivity index (χ1v) is 23.9. The van der Waals surface area contributed by atoms with E-state index in [4.69, 9.17) is 15.2 Å². The zero-order valence-corrected chi connectivity index (χ0v) is 39.4. The minimum atomic E-state index is -4.56. The number of aromatic nitrogens is 4. The number of anilines is 5. The van der Waals surface area contributed by atoms with Crippen LogP contribution in [0.4, 0.5) is 45.3 Å². The molecule has 16 nitrogen and oxygen atoms in total. The van der Waals surface area contributed by atoms with Gasteiger partial charge < -0.3 is 41.4 Å². The Morgan fingerprint density at radius 1 is 0.667 bits per heavy atom. The maximum Gasteiger partial charge on any atom is 0.416 e. The van der Waals surface area contributed by atoms with E-state index in [1.54, 1.807) is 48.5 Å². The Labute approximate surface area is 402 Å². The molecule has 3 fully saturated rings. The summed E-state index contributed by atoms with van der Waals surface area (Å²) in [5.74, 6) is 2.09. The molecule has 4 aromatic heterocycles. The van der Waals surface area contributed by atoms with E-state index in [1.165, 1.54) is 22.7 Å². The van der Waals surface area contributed by atoms with Crippen LogP contribution < -0.4 is 36.5 Å². The molecular weight excluding hydrogens is 932 g/mol. The van der Waals surface area contributed by atoms with Crippen molar-refractivity contribution in [3.05, 3.63) is 101 Å². The highest BCUT2D eigenvalue weighted by molar-refractivity contribution is 7.22. The van der Waals surface area contributed by atoms with Crippen molar-refractivity contribution in [2.24, 2.45) is 11.8 Å². The molecule has 2 saturated carbocycles. The molecule has 3 aromatic carbocycles. The van der Waals surface area contributed by atoms with Gasteiger partial charge in [-0.2, -0.15) is 13.2 Å². The first-order valence-electron chi connectivity index (χ1n) is 22.3. The molecule has 4 amide bonds. The van der Waals surface area contributed by atoms with Crippen LogP contribution in [-0.4, -0.2) is 80.8 Å². The summed E-state index contributed by atoms with van der Waals surface area (Å²) in [5, 5.41) is 12.0. The van der Waals surface area contributed by atoms with Crippen LogP contribution in [0.2, 0.25) is 0 Å². The lowest BCUT2D eigenvalue weighted by molar-refractivity contribution is -0.137. The third kappa shape index (κ3) is 12.4. The summed E-state index contributed by atoms with van der Waals surface area (Å²) in [6.07, 6.45) is -0.841. The van der Waals surface area contributed by atoms with Gasteiger partial charge in [0.25, 0.3) is 0 Å². The van der Waals surface area contributed by atoms with Gasteiger partial charge >= 0.3 is 12.2 Å². The van der Waals surface area contributed by atoms with Crippen LogP contribution in [0.3, 0.4) is 0 Å². The maximum absolute atomic E-state index is 13.7. The van der Waals surface area contributed by atoms with Crippen LogP contribution in [0.25, 0.3) is 20.7 Å². The molecule has 1 saturated heterocycles. The van der Waals surface area contributed by atoms with Gasteiger partial charge in [0.05, 0.1) is 5.56 Å². The summed E-state index contributed by atoms with van der Waals surface area (Å²) < 4.78 is 53.0. The largest absolute Gasteiger partial charge is 0.439 e. The van der Waals surface area contributed by atoms with Crippen LogP contribution >= 0.6 is 22.7 Å². The molecule has 0 bridgehead atoms. The van der Waals surface area contributed by atoms with Crippen molar-refractivity contribution in [2.45, 2.75) is 52.3 Å². The van der Waals surface area contributed by atoms with Crippen molar-refractivity contribution in [1.82, 2.24) is 29.7 Å². The molecule has 6 N–H and O–H groups in total. The minimum Gasteiger partial charge on any atom is -0.439 e. The smallest absolute Gasteiger partial charge is 0.416 e. The van der Waals surface area contributed by atoms with Crippen molar-refractivity contribution in [1.29, 1.82) is 0 Å². The number of carbonyl (C=O) groups excluding carboxylic acids is 3. The number of nitrogens with zero attached hydrogens (tertiary/aromatic N) is 6. The highest BCUT2D eigenvalue weighted by atomic mass is 32.1. The fraction of sp³-hybridized carbons (Fsp3) is 0.312. The van der Waals surface area contributed by atoms with E-state index in [-0.39, 0.29) is 29.3 Å². The standard InChI is InChI=1S/C31H32F3N7O3S.C17H16N4O2S/c1-18-3-6-22(16-25(18)44-26-8-7-24-28(38-26)45-30(37-24)39-27(42)20-4-5-20)35-29(43)36-23-14-19(13-21(15-23)31(32,33)34)17-41-11-9-40(2)10-12-41;1-9-2-5-11(18)8-13(9)23-14-7-6-12-16(20-14)24-17(19-12)21-15(22)10-3-4-10/h3,6-8,13-16,20H,4-5,9-12,17H2,1-2H3,(H2,35,36,43)(H,37,39,42);2,5-8,10H,3-4,18H2,1H3,(H,19,21,22). The van der Waals surface area contributed by atoms with Crippen molar-refractivity contribution in [2.75, 3.05) is 60.2 Å². The number of hydrogen-bond acceptors (Lipinski definition) is 14. The van der Waals surface area contributed by atoms with Crippen LogP contribution in [0.1, 0.15) is 47.9 Å². The summed E-state index contributed by atoms with van der Waals surface area (Å²) in [4.78, 5) is 60.2. The summed E-state index contributed by atoms with van der Waals surface area (Å²) in [6.45, 7) is 7.32. The predicted molar refractivity (Wildman–Crippen MR) is 261 cm³/mol. The highest BCUT2D eigenvalue weighted by Crippen LogP contribution is 2.36. The number of nitrogens with one attached hydrogen (secondary N) is 4. The number of piperazine rings is 1. The van der Waals surface area contributed by atoms with E-state index in [1.807, 2.05) is 39.1 Å². The summed E-state index contributed by atoms with van der Waals surface area (Å²) in [6, 6.07) is 20.5. The topological polar surface area (TPSA) is 202 Å². The zero-order chi connectivity index (χ0) is 48.4. The van der Waals surface area contributed by atoms with Gasteiger partial charge in [0.15, 0.2) is 10.3 Å². The van der Waals surface area contributed by atoms with Gasteiger partial charge in [-0.05, 0) is 106 Å². The zero-order valence-electron chi connectivity index (χ0n) is 37.8. The third-order valence-corrected chi connectivity index (χ3v) is 13.2. The Bertz CT molecular complexity index is 3060. The number of benzene rings is 3. The second-order valence-corrected chi connectivity index (χ2v) is 19.3. The van der Waals surface area contributed by atoms with E-state index < -0.39 is 17.8 Å². The number of carbonyl (C=O) groups is 3. The fourth-order valence-corrected chi connectivity index (χ4v) is 8.91. The lowest BCUT2D eigenvalue weighted by atomic mass is 10.1. The fourth-order valence-electron chi connectivity index (χ4n) is 7.24. The number of likely N-dealkylation sites (N-methyl/N-ethyl adjacent to an activating group) is 1. The quantitative estimate of drug-likeness (QED) is 0.0727. The minimum absolute atomic E-state index is 0.0336. The number of hydrogen-bond donors (Lipinski definition) is 5. The Hall–Kier alpha value is -6.94. The molecule has 0 unspecified atom stereocenters. The van der Waals surface area contributed by atoms with Crippen molar-refractivity contribution >= 4 is 88.5 Å². The number of halogens is 3. The van der Waals surface area contributed by atoms with Gasteiger partial charge in [0.1, 0.15) is 32.2 Å². The van der Waals surface area contributed by atoms with E-state index in [2.05, 4.69) is 51.0 Å². The molecule has 69 heavy (non-hydrogen) atoms. The highest BCUT2D eigenvalue weighted by Gasteiger charge is 2.33. The van der Waals surface area contributed by atoms with Gasteiger partial charge in [-0.3, -0.25) is 14.5 Å². The molecule has 1 aliphatic heterocycles. The van der Waals surface area contributed by atoms with E-state index >= 15 is 0 Å². The molecule has 5 heterocycles. The monoisotopic (exact) mass is 979 g/mol. The molecule has 0 atom stereocenters. The van der Waals surface area contributed by atoms with Crippen LogP contribution in [-0.2, 0) is 22.3 Å². The molecule has 3 aliphatic rings. The van der Waals surface area contributed by atoms with Gasteiger partial charge in [-0.1, -0.05) is 34.8 Å². The first kappa shape index (κ1) is 47.1. The molecule has 21 heteroatoms. The van der Waals surface area contributed by atoms with Crippen LogP contribution in [0.5, 0.6) is 23.3 Å². The lowest BCUT2D eigenvalue weighted by Crippen LogP contribution is -2.43. The van der Waals surface area contributed by atoms with Crippen molar-refractivity contribution < 1.29 is 37.0 Å². The lowest BCUT2D eigenvalue weighted by Gasteiger charge is -2.32. The normalized spacial score (nSPS) is 15.3.